The van der Waals surface area contributed by atoms with Crippen molar-refractivity contribution in [3.8, 4) is 11.5 Å². The zero-order valence-electron chi connectivity index (χ0n) is 8.29. The van der Waals surface area contributed by atoms with Crippen LogP contribution in [-0.4, -0.2) is 18.8 Å². The van der Waals surface area contributed by atoms with Gasteiger partial charge in [-0.3, -0.25) is 0 Å². The highest BCUT2D eigenvalue weighted by atomic mass is 16.5. The molecular weight excluding hydrogens is 178 g/mol. The van der Waals surface area contributed by atoms with Gasteiger partial charge >= 0.3 is 0 Å². The van der Waals surface area contributed by atoms with Crippen LogP contribution in [0.4, 0.5) is 0 Å². The standard InChI is InChI=1S/C11H15NO2/c1-14-10-6-2-5-9(13)11(10)8-4-3-7-12-8/h2,5-6,8,12-13H,3-4,7H2,1H3/t8-/m0/s1. The number of nitrogens with one attached hydrogen (secondary N) is 1. The van der Waals surface area contributed by atoms with Crippen molar-refractivity contribution >= 4 is 0 Å². The van der Waals surface area contributed by atoms with Gasteiger partial charge in [-0.15, -0.1) is 0 Å². The van der Waals surface area contributed by atoms with Crippen LogP contribution in [0.3, 0.4) is 0 Å². The molecule has 0 aromatic heterocycles. The van der Waals surface area contributed by atoms with Gasteiger partial charge in [-0.2, -0.15) is 0 Å². The Labute approximate surface area is 83.7 Å². The number of hydrogen-bond acceptors (Lipinski definition) is 3. The highest BCUT2D eigenvalue weighted by Gasteiger charge is 2.22. The molecule has 3 heteroatoms. The zero-order chi connectivity index (χ0) is 9.97. The molecule has 0 amide bonds. The summed E-state index contributed by atoms with van der Waals surface area (Å²) >= 11 is 0. The third-order valence-corrected chi connectivity index (χ3v) is 2.67. The van der Waals surface area contributed by atoms with Gasteiger partial charge in [-0.1, -0.05) is 6.07 Å². The molecule has 0 radical (unpaired) electrons. The maximum atomic E-state index is 9.76. The van der Waals surface area contributed by atoms with Crippen LogP contribution in [0.15, 0.2) is 18.2 Å². The van der Waals surface area contributed by atoms with Crippen LogP contribution < -0.4 is 10.1 Å². The first kappa shape index (κ1) is 9.34. The molecule has 2 rings (SSSR count). The number of benzene rings is 1. The molecule has 76 valence electrons. The second kappa shape index (κ2) is 3.88. The van der Waals surface area contributed by atoms with Crippen molar-refractivity contribution in [2.75, 3.05) is 13.7 Å². The van der Waals surface area contributed by atoms with Gasteiger partial charge in [0, 0.05) is 6.04 Å². The van der Waals surface area contributed by atoms with Gasteiger partial charge in [0.2, 0.25) is 0 Å². The predicted octanol–water partition coefficient (Wildman–Crippen LogP) is 1.83. The average molecular weight is 193 g/mol. The van der Waals surface area contributed by atoms with Crippen molar-refractivity contribution in [3.63, 3.8) is 0 Å². The van der Waals surface area contributed by atoms with E-state index in [-0.39, 0.29) is 6.04 Å². The summed E-state index contributed by atoms with van der Waals surface area (Å²) in [5.41, 5.74) is 0.896. The molecule has 1 aromatic carbocycles. The number of phenols is 1. The largest absolute Gasteiger partial charge is 0.507 e. The van der Waals surface area contributed by atoms with Crippen LogP contribution in [0.2, 0.25) is 0 Å². The Morgan fingerprint density at radius 1 is 1.50 bits per heavy atom. The first-order chi connectivity index (χ1) is 6.83. The van der Waals surface area contributed by atoms with Gasteiger partial charge in [-0.05, 0) is 31.5 Å². The zero-order valence-corrected chi connectivity index (χ0v) is 8.29. The Bertz CT molecular complexity index is 319. The van der Waals surface area contributed by atoms with Crippen molar-refractivity contribution in [1.82, 2.24) is 5.32 Å². The fourth-order valence-corrected chi connectivity index (χ4v) is 1.99. The monoisotopic (exact) mass is 193 g/mol. The SMILES string of the molecule is COc1cccc(O)c1[C@@H]1CCCN1. The lowest BCUT2D eigenvalue weighted by Crippen LogP contribution is -2.13. The molecule has 0 saturated carbocycles. The lowest BCUT2D eigenvalue weighted by atomic mass is 10.0. The van der Waals surface area contributed by atoms with E-state index in [2.05, 4.69) is 5.32 Å². The summed E-state index contributed by atoms with van der Waals surface area (Å²) in [5.74, 6) is 1.09. The van der Waals surface area contributed by atoms with Crippen molar-refractivity contribution in [1.29, 1.82) is 0 Å². The van der Waals surface area contributed by atoms with Crippen LogP contribution in [0.25, 0.3) is 0 Å². The maximum absolute atomic E-state index is 9.76. The molecule has 0 unspecified atom stereocenters. The summed E-state index contributed by atoms with van der Waals surface area (Å²) in [7, 11) is 1.63. The van der Waals surface area contributed by atoms with E-state index in [0.29, 0.717) is 5.75 Å². The summed E-state index contributed by atoms with van der Waals surface area (Å²) in [5, 5.41) is 13.1. The molecule has 1 aromatic rings. The smallest absolute Gasteiger partial charge is 0.127 e. The maximum Gasteiger partial charge on any atom is 0.127 e. The van der Waals surface area contributed by atoms with Gasteiger partial charge in [0.25, 0.3) is 0 Å². The van der Waals surface area contributed by atoms with Crippen LogP contribution in [0.1, 0.15) is 24.4 Å². The molecule has 2 N–H and O–H groups in total. The average Bonchev–Trinajstić information content (AvgIpc) is 2.70. The summed E-state index contributed by atoms with van der Waals surface area (Å²) < 4.78 is 5.24. The molecular formula is C11H15NO2. The lowest BCUT2D eigenvalue weighted by molar-refractivity contribution is 0.390. The summed E-state index contributed by atoms with van der Waals surface area (Å²) in [6.45, 7) is 1.02. The van der Waals surface area contributed by atoms with Gasteiger partial charge in [0.15, 0.2) is 0 Å². The number of methoxy groups -OCH3 is 1. The number of phenolic OH excluding ortho intramolecular Hbond substituents is 1. The fraction of sp³-hybridized carbons (Fsp3) is 0.455. The molecule has 0 bridgehead atoms. The van der Waals surface area contributed by atoms with Gasteiger partial charge < -0.3 is 15.2 Å². The molecule has 1 fully saturated rings. The van der Waals surface area contributed by atoms with Crippen LogP contribution in [0.5, 0.6) is 11.5 Å². The van der Waals surface area contributed by atoms with E-state index in [1.165, 1.54) is 0 Å². The van der Waals surface area contributed by atoms with Crippen LogP contribution in [-0.2, 0) is 0 Å². The first-order valence-corrected chi connectivity index (χ1v) is 4.92. The Balaban J connectivity index is 2.37. The Kier molecular flexibility index (Phi) is 2.59. The summed E-state index contributed by atoms with van der Waals surface area (Å²) in [6.07, 6.45) is 2.22. The Hall–Kier alpha value is -1.22. The molecule has 1 atom stereocenters. The van der Waals surface area contributed by atoms with Crippen LogP contribution in [0, 0.1) is 0 Å². The third-order valence-electron chi connectivity index (χ3n) is 2.67. The number of aromatic hydroxyl groups is 1. The number of hydrogen-bond donors (Lipinski definition) is 2. The van der Waals surface area contributed by atoms with Gasteiger partial charge in [0.1, 0.15) is 11.5 Å². The molecule has 1 aliphatic heterocycles. The van der Waals surface area contributed by atoms with E-state index in [0.717, 1.165) is 30.7 Å². The van der Waals surface area contributed by atoms with Gasteiger partial charge in [-0.25, -0.2) is 0 Å². The molecule has 1 heterocycles. The molecule has 0 spiro atoms. The number of ether oxygens (including phenoxy) is 1. The molecule has 3 nitrogen and oxygen atoms in total. The van der Waals surface area contributed by atoms with E-state index in [4.69, 9.17) is 4.74 Å². The molecule has 1 saturated heterocycles. The summed E-state index contributed by atoms with van der Waals surface area (Å²) in [4.78, 5) is 0. The minimum Gasteiger partial charge on any atom is -0.507 e. The summed E-state index contributed by atoms with van der Waals surface area (Å²) in [6, 6.07) is 5.63. The first-order valence-electron chi connectivity index (χ1n) is 4.92. The normalized spacial score (nSPS) is 21.1. The minimum absolute atomic E-state index is 0.242. The van der Waals surface area contributed by atoms with Crippen molar-refractivity contribution in [2.24, 2.45) is 0 Å². The Morgan fingerprint density at radius 3 is 3.00 bits per heavy atom. The minimum atomic E-state index is 0.242. The second-order valence-corrected chi connectivity index (χ2v) is 3.54. The fourth-order valence-electron chi connectivity index (χ4n) is 1.99. The lowest BCUT2D eigenvalue weighted by Gasteiger charge is -2.16. The van der Waals surface area contributed by atoms with E-state index < -0.39 is 0 Å². The molecule has 1 aliphatic rings. The number of rotatable bonds is 2. The molecule has 14 heavy (non-hydrogen) atoms. The third kappa shape index (κ3) is 1.55. The topological polar surface area (TPSA) is 41.5 Å². The Morgan fingerprint density at radius 2 is 2.36 bits per heavy atom. The quantitative estimate of drug-likeness (QED) is 0.752. The van der Waals surface area contributed by atoms with Crippen LogP contribution >= 0.6 is 0 Å². The van der Waals surface area contributed by atoms with Crippen molar-refractivity contribution in [2.45, 2.75) is 18.9 Å². The highest BCUT2D eigenvalue weighted by Crippen LogP contribution is 2.36. The van der Waals surface area contributed by atoms with Crippen molar-refractivity contribution < 1.29 is 9.84 Å². The highest BCUT2D eigenvalue weighted by molar-refractivity contribution is 5.46. The predicted molar refractivity (Wildman–Crippen MR) is 54.6 cm³/mol. The van der Waals surface area contributed by atoms with Gasteiger partial charge in [0.05, 0.1) is 12.7 Å². The van der Waals surface area contributed by atoms with E-state index in [1.54, 1.807) is 19.2 Å². The molecule has 0 aliphatic carbocycles. The van der Waals surface area contributed by atoms with Crippen molar-refractivity contribution in [3.05, 3.63) is 23.8 Å². The van der Waals surface area contributed by atoms with E-state index in [9.17, 15) is 5.11 Å². The second-order valence-electron chi connectivity index (χ2n) is 3.54. The van der Waals surface area contributed by atoms with E-state index >= 15 is 0 Å². The van der Waals surface area contributed by atoms with E-state index in [1.807, 2.05) is 6.07 Å².